The van der Waals surface area contributed by atoms with Crippen LogP contribution < -0.4 is 36.2 Å². The zero-order chi connectivity index (χ0) is 38.2. The number of quaternary nitrogens is 2. The maximum atomic E-state index is 10.8. The van der Waals surface area contributed by atoms with E-state index in [1.165, 1.54) is 28.5 Å². The van der Waals surface area contributed by atoms with Gasteiger partial charge in [-0.05, 0) is 29.3 Å². The van der Waals surface area contributed by atoms with Crippen LogP contribution in [-0.2, 0) is 29.8 Å². The molecule has 6 rings (SSSR count). The largest absolute Gasteiger partial charge is 0.790 e. The first-order valence-electron chi connectivity index (χ1n) is 16.0. The van der Waals surface area contributed by atoms with Crippen LogP contribution >= 0.6 is 7.82 Å². The summed E-state index contributed by atoms with van der Waals surface area (Å²) in [7, 11) is -5.24. The number of ether oxygens (including phenoxy) is 1. The molecule has 2 aliphatic rings. The van der Waals surface area contributed by atoms with E-state index >= 15 is 0 Å². The first kappa shape index (κ1) is 40.0. The van der Waals surface area contributed by atoms with Crippen molar-refractivity contribution in [2.45, 2.75) is 55.4 Å². The lowest BCUT2D eigenvalue weighted by molar-refractivity contribution is -0.765. The molecule has 18 nitrogen and oxygen atoms in total. The van der Waals surface area contributed by atoms with E-state index in [1.54, 1.807) is 0 Å². The first-order chi connectivity index (χ1) is 24.6. The molecule has 2 aliphatic heterocycles. The van der Waals surface area contributed by atoms with Crippen LogP contribution in [0.25, 0.3) is 10.9 Å². The van der Waals surface area contributed by atoms with Gasteiger partial charge in [0.25, 0.3) is 6.23 Å². The zero-order valence-electron chi connectivity index (χ0n) is 27.6. The van der Waals surface area contributed by atoms with E-state index in [4.69, 9.17) is 14.9 Å². The Kier molecular flexibility index (Phi) is 13.6. The number of nitrogens with one attached hydrogen (secondary N) is 2. The number of aliphatic carboxylic acids is 2. The predicted molar refractivity (Wildman–Crippen MR) is 173 cm³/mol. The van der Waals surface area contributed by atoms with E-state index in [9.17, 15) is 44.1 Å². The minimum Gasteiger partial charge on any atom is -0.790 e. The number of nitrogens with zero attached hydrogens (tertiary/aromatic N) is 1. The molecule has 0 radical (unpaired) electrons. The number of phosphoric ester groups is 1. The molecule has 0 saturated carbocycles. The number of aromatic carboxylic acids is 1. The molecule has 19 heteroatoms. The van der Waals surface area contributed by atoms with Gasteiger partial charge in [-0.3, -0.25) is 0 Å². The van der Waals surface area contributed by atoms with Gasteiger partial charge in [-0.15, -0.1) is 0 Å². The number of carboxylic acid groups (broad SMARTS) is 3. The van der Waals surface area contributed by atoms with E-state index in [1.807, 2.05) is 48.7 Å². The molecule has 0 spiro atoms. The number of hydrogen-bond acceptors (Lipinski definition) is 12. The number of pyridine rings is 1. The molecule has 12 N–H and O–H groups in total. The minimum absolute atomic E-state index is 0.184. The Morgan fingerprint density at radius 1 is 0.981 bits per heavy atom. The number of aliphatic hydroxyl groups is 2. The van der Waals surface area contributed by atoms with Crippen molar-refractivity contribution in [1.29, 1.82) is 0 Å². The van der Waals surface area contributed by atoms with Gasteiger partial charge in [-0.1, -0.05) is 36.4 Å². The molecular formula is C33H40N5O13P. The summed E-state index contributed by atoms with van der Waals surface area (Å²) in [5.41, 5.74) is 11.4. The number of hydrogen-bond donors (Lipinski definition) is 8. The molecule has 0 bridgehead atoms. The number of aromatic amines is 1. The normalized spacial score (nSPS) is 21.8. The Balaban J connectivity index is 0.000000179. The number of aromatic nitrogens is 2. The van der Waals surface area contributed by atoms with Crippen LogP contribution in [0.2, 0.25) is 0 Å². The summed E-state index contributed by atoms with van der Waals surface area (Å²) in [6, 6.07) is 17.4. The number of carbonyl (C=O) groups is 3. The van der Waals surface area contributed by atoms with E-state index in [0.717, 1.165) is 34.9 Å². The lowest BCUT2D eigenvalue weighted by Gasteiger charge is -2.30. The number of H-pyrrole nitrogens is 1. The van der Waals surface area contributed by atoms with E-state index in [-0.39, 0.29) is 11.5 Å². The minimum atomic E-state index is -5.24. The molecule has 0 aliphatic carbocycles. The van der Waals surface area contributed by atoms with Crippen molar-refractivity contribution in [3.63, 3.8) is 0 Å². The highest BCUT2D eigenvalue weighted by Crippen LogP contribution is 2.33. The number of carboxylic acids is 3. The number of anilines is 1. The molecule has 0 amide bonds. The molecule has 280 valence electrons. The highest BCUT2D eigenvalue weighted by molar-refractivity contribution is 7.43. The van der Waals surface area contributed by atoms with Gasteiger partial charge in [0.05, 0.1) is 26.0 Å². The fourth-order valence-electron chi connectivity index (χ4n) is 5.71. The number of carbonyl (C=O) groups excluding carboxylic acids is 1. The third kappa shape index (κ3) is 10.6. The topological polar surface area (TPSA) is 324 Å². The lowest BCUT2D eigenvalue weighted by Crippen LogP contribution is -2.65. The van der Waals surface area contributed by atoms with Gasteiger partial charge in [0.1, 0.15) is 12.2 Å². The Hall–Kier alpha value is -4.75. The molecule has 1 fully saturated rings. The number of phosphoric acid groups is 1. The summed E-state index contributed by atoms with van der Waals surface area (Å²) in [5.74, 6) is -2.85. The highest BCUT2D eigenvalue weighted by atomic mass is 31.2. The second-order valence-corrected chi connectivity index (χ2v) is 13.3. The highest BCUT2D eigenvalue weighted by Gasteiger charge is 2.48. The van der Waals surface area contributed by atoms with Gasteiger partial charge >= 0.3 is 11.9 Å². The van der Waals surface area contributed by atoms with Crippen molar-refractivity contribution in [3.05, 3.63) is 95.9 Å². The third-order valence-corrected chi connectivity index (χ3v) is 8.90. The summed E-state index contributed by atoms with van der Waals surface area (Å²) in [4.78, 5) is 56.2. The van der Waals surface area contributed by atoms with Crippen molar-refractivity contribution in [2.75, 3.05) is 18.5 Å². The summed E-state index contributed by atoms with van der Waals surface area (Å²) >= 11 is 0. The van der Waals surface area contributed by atoms with Gasteiger partial charge in [0.2, 0.25) is 0 Å². The Bertz CT molecular complexity index is 1900. The average molecular weight is 746 g/mol. The SMILES string of the molecule is O=C([O-])c1ccc[n+]([C@@H]2O[C@H](COP(=O)([O-])[O-])[C@@H](O)[C@H]2O)c1.[NH3+][C@@H](CC1CNc2ccccc21)C(=O)O.[NH3+][C@@H](Cc1c[nH]c2ccccc12)C(=O)O. The molecule has 2 aromatic carbocycles. The fourth-order valence-corrected chi connectivity index (χ4v) is 6.04. The van der Waals surface area contributed by atoms with Crippen molar-refractivity contribution < 1.29 is 79.6 Å². The third-order valence-electron chi connectivity index (χ3n) is 8.43. The molecule has 52 heavy (non-hydrogen) atoms. The smallest absolute Gasteiger partial charge is 0.362 e. The van der Waals surface area contributed by atoms with Crippen LogP contribution in [0.3, 0.4) is 0 Å². The van der Waals surface area contributed by atoms with E-state index in [0.29, 0.717) is 12.8 Å². The number of rotatable bonds is 11. The molecular weight excluding hydrogens is 705 g/mol. The van der Waals surface area contributed by atoms with Gasteiger partial charge in [-0.25, -0.2) is 9.59 Å². The first-order valence-corrected chi connectivity index (χ1v) is 17.4. The van der Waals surface area contributed by atoms with Gasteiger partial charge in [-0.2, -0.15) is 4.57 Å². The lowest BCUT2D eigenvalue weighted by atomic mass is 9.94. The van der Waals surface area contributed by atoms with Crippen molar-refractivity contribution in [3.8, 4) is 0 Å². The number of aliphatic hydroxyl groups excluding tert-OH is 2. The molecule has 1 saturated heterocycles. The second kappa shape index (κ2) is 17.6. The maximum absolute atomic E-state index is 10.8. The van der Waals surface area contributed by atoms with Crippen molar-refractivity contribution >= 4 is 42.3 Å². The van der Waals surface area contributed by atoms with Gasteiger partial charge in [0, 0.05) is 54.2 Å². The number of benzene rings is 2. The maximum Gasteiger partial charge on any atom is 0.362 e. The predicted octanol–water partition coefficient (Wildman–Crippen LogP) is -3.51. The van der Waals surface area contributed by atoms with E-state index < -0.39 is 69.0 Å². The standard InChI is InChI=1S/C11H14N2O2.C11H12N2O2.C11H14NO9P/c2*12-9(11(14)15)5-7-6-13-10-4-2-1-3-8(7)10;13-8-7(5-20-22(17,18)19)21-10(9(8)14)12-3-1-2-6(4-12)11(15)16/h1-4,7,9,13H,5-6,12H2,(H,14,15);1-4,6,9,13H,5,12H2,(H,14,15);1-4,7-10,13-14H,5H2,(H2-,15,16,17,18,19)/t7?,9-;9-;7-,8-,9-,10-/m001/s1. The summed E-state index contributed by atoms with van der Waals surface area (Å²) in [5, 5.41) is 52.4. The van der Waals surface area contributed by atoms with Gasteiger partial charge in [0.15, 0.2) is 30.6 Å². The zero-order valence-corrected chi connectivity index (χ0v) is 28.5. The quantitative estimate of drug-likeness (QED) is 0.0546. The molecule has 2 aromatic heterocycles. The van der Waals surface area contributed by atoms with Crippen LogP contribution in [0.15, 0.2) is 79.3 Å². The molecule has 4 aromatic rings. The average Bonchev–Trinajstić information content (AvgIpc) is 3.79. The number of fused-ring (bicyclic) bond motifs is 2. The van der Waals surface area contributed by atoms with Crippen molar-refractivity contribution in [1.82, 2.24) is 4.98 Å². The van der Waals surface area contributed by atoms with Crippen LogP contribution in [0.4, 0.5) is 5.69 Å². The second-order valence-electron chi connectivity index (χ2n) is 12.2. The van der Waals surface area contributed by atoms with Crippen LogP contribution in [0.5, 0.6) is 0 Å². The summed E-state index contributed by atoms with van der Waals surface area (Å²) in [6.45, 7) is 0.0540. The van der Waals surface area contributed by atoms with Crippen LogP contribution in [0.1, 0.15) is 40.1 Å². The number of para-hydroxylation sites is 2. The Morgan fingerprint density at radius 3 is 2.33 bits per heavy atom. The molecule has 4 heterocycles. The Labute approximate surface area is 296 Å². The molecule has 1 unspecified atom stereocenters. The Morgan fingerprint density at radius 2 is 1.65 bits per heavy atom. The van der Waals surface area contributed by atoms with Crippen LogP contribution in [-0.4, -0.2) is 86.9 Å². The van der Waals surface area contributed by atoms with E-state index in [2.05, 4.69) is 32.4 Å². The fraction of sp³-hybridized carbons (Fsp3) is 0.333. The summed E-state index contributed by atoms with van der Waals surface area (Å²) < 4.78 is 20.8. The van der Waals surface area contributed by atoms with Crippen LogP contribution in [0, 0.1) is 0 Å². The molecule has 7 atom stereocenters. The summed E-state index contributed by atoms with van der Waals surface area (Å²) in [6.07, 6.45) is -0.0436. The monoisotopic (exact) mass is 745 g/mol. The van der Waals surface area contributed by atoms with Crippen molar-refractivity contribution in [2.24, 2.45) is 0 Å². The van der Waals surface area contributed by atoms with Gasteiger partial charge < -0.3 is 75.7 Å².